The van der Waals surface area contributed by atoms with Crippen molar-refractivity contribution in [2.45, 2.75) is 19.5 Å². The van der Waals surface area contributed by atoms with Gasteiger partial charge < -0.3 is 4.90 Å². The fourth-order valence-corrected chi connectivity index (χ4v) is 3.06. The topological polar surface area (TPSA) is 6.48 Å². The summed E-state index contributed by atoms with van der Waals surface area (Å²) in [5.74, 6) is 0.772. The van der Waals surface area contributed by atoms with Crippen molar-refractivity contribution in [2.24, 2.45) is 5.92 Å². The van der Waals surface area contributed by atoms with Crippen LogP contribution >= 0.6 is 22.6 Å². The van der Waals surface area contributed by atoms with Gasteiger partial charge in [0.2, 0.25) is 0 Å². The van der Waals surface area contributed by atoms with Gasteiger partial charge in [0.25, 0.3) is 0 Å². The fourth-order valence-electron chi connectivity index (χ4n) is 2.70. The highest BCUT2D eigenvalue weighted by Crippen LogP contribution is 2.22. The SMILES string of the molecule is CC1CN(Cc2ccc(I)cc2)CC1N(C)C. The van der Waals surface area contributed by atoms with Gasteiger partial charge in [-0.3, -0.25) is 4.90 Å². The number of rotatable bonds is 3. The van der Waals surface area contributed by atoms with E-state index in [4.69, 9.17) is 0 Å². The maximum atomic E-state index is 2.57. The van der Waals surface area contributed by atoms with Crippen LogP contribution in [0.2, 0.25) is 0 Å². The molecular formula is C14H21IN2. The molecule has 17 heavy (non-hydrogen) atoms. The van der Waals surface area contributed by atoms with Crippen molar-refractivity contribution in [3.63, 3.8) is 0 Å². The zero-order valence-corrected chi connectivity index (χ0v) is 13.0. The highest BCUT2D eigenvalue weighted by molar-refractivity contribution is 14.1. The third-order valence-electron chi connectivity index (χ3n) is 3.63. The van der Waals surface area contributed by atoms with Crippen LogP contribution in [0.4, 0.5) is 0 Å². The van der Waals surface area contributed by atoms with Crippen molar-refractivity contribution >= 4 is 22.6 Å². The number of hydrogen-bond donors (Lipinski definition) is 0. The largest absolute Gasteiger partial charge is 0.305 e. The normalized spacial score (nSPS) is 25.7. The first-order valence-corrected chi connectivity index (χ1v) is 7.27. The minimum atomic E-state index is 0.707. The molecule has 1 saturated heterocycles. The van der Waals surface area contributed by atoms with Gasteiger partial charge in [-0.25, -0.2) is 0 Å². The maximum Gasteiger partial charge on any atom is 0.0254 e. The summed E-state index contributed by atoms with van der Waals surface area (Å²) in [4.78, 5) is 4.93. The Morgan fingerprint density at radius 3 is 2.41 bits per heavy atom. The van der Waals surface area contributed by atoms with Crippen molar-refractivity contribution in [3.05, 3.63) is 33.4 Å². The molecule has 0 amide bonds. The summed E-state index contributed by atoms with van der Waals surface area (Å²) >= 11 is 2.36. The molecule has 0 saturated carbocycles. The summed E-state index contributed by atoms with van der Waals surface area (Å²) in [6.45, 7) is 5.86. The average Bonchev–Trinajstić information content (AvgIpc) is 2.63. The van der Waals surface area contributed by atoms with E-state index in [1.54, 1.807) is 0 Å². The third-order valence-corrected chi connectivity index (χ3v) is 4.35. The van der Waals surface area contributed by atoms with Crippen molar-refractivity contribution in [1.29, 1.82) is 0 Å². The average molecular weight is 344 g/mol. The highest BCUT2D eigenvalue weighted by Gasteiger charge is 2.30. The Labute approximate surface area is 118 Å². The van der Waals surface area contributed by atoms with Gasteiger partial charge in [-0.05, 0) is 60.3 Å². The molecule has 1 aliphatic rings. The van der Waals surface area contributed by atoms with Crippen LogP contribution in [-0.2, 0) is 6.54 Å². The van der Waals surface area contributed by atoms with Gasteiger partial charge in [0.05, 0.1) is 0 Å². The molecule has 1 fully saturated rings. The van der Waals surface area contributed by atoms with E-state index in [2.05, 4.69) is 77.7 Å². The second kappa shape index (κ2) is 5.67. The Bertz CT molecular complexity index is 361. The van der Waals surface area contributed by atoms with Gasteiger partial charge in [-0.1, -0.05) is 19.1 Å². The molecule has 1 aromatic rings. The summed E-state index contributed by atoms with van der Waals surface area (Å²) < 4.78 is 1.31. The lowest BCUT2D eigenvalue weighted by Crippen LogP contribution is -2.34. The van der Waals surface area contributed by atoms with E-state index in [9.17, 15) is 0 Å². The lowest BCUT2D eigenvalue weighted by atomic mass is 10.1. The van der Waals surface area contributed by atoms with Gasteiger partial charge in [-0.2, -0.15) is 0 Å². The molecule has 3 heteroatoms. The van der Waals surface area contributed by atoms with Gasteiger partial charge in [-0.15, -0.1) is 0 Å². The maximum absolute atomic E-state index is 2.57. The number of halogens is 1. The fraction of sp³-hybridized carbons (Fsp3) is 0.571. The second-order valence-corrected chi connectivity index (χ2v) is 6.57. The molecule has 0 aliphatic carbocycles. The molecule has 94 valence electrons. The van der Waals surface area contributed by atoms with Crippen molar-refractivity contribution in [3.8, 4) is 0 Å². The minimum Gasteiger partial charge on any atom is -0.305 e. The smallest absolute Gasteiger partial charge is 0.0254 e. The van der Waals surface area contributed by atoms with Crippen LogP contribution in [0, 0.1) is 9.49 Å². The number of benzene rings is 1. The van der Waals surface area contributed by atoms with Gasteiger partial charge >= 0.3 is 0 Å². The van der Waals surface area contributed by atoms with Gasteiger partial charge in [0, 0.05) is 29.2 Å². The molecule has 1 aliphatic heterocycles. The Morgan fingerprint density at radius 1 is 1.24 bits per heavy atom. The summed E-state index contributed by atoms with van der Waals surface area (Å²) in [6.07, 6.45) is 0. The van der Waals surface area contributed by atoms with Gasteiger partial charge in [0.1, 0.15) is 0 Å². The lowest BCUT2D eigenvalue weighted by molar-refractivity contribution is 0.250. The third kappa shape index (κ3) is 3.42. The zero-order valence-electron chi connectivity index (χ0n) is 10.9. The predicted molar refractivity (Wildman–Crippen MR) is 81.1 cm³/mol. The molecule has 2 rings (SSSR count). The number of hydrogen-bond acceptors (Lipinski definition) is 2. The van der Waals surface area contributed by atoms with Crippen LogP contribution in [0.1, 0.15) is 12.5 Å². The quantitative estimate of drug-likeness (QED) is 0.778. The Balaban J connectivity index is 1.95. The first-order valence-electron chi connectivity index (χ1n) is 6.19. The van der Waals surface area contributed by atoms with Crippen LogP contribution in [0.25, 0.3) is 0 Å². The highest BCUT2D eigenvalue weighted by atomic mass is 127. The Kier molecular flexibility index (Phi) is 4.44. The van der Waals surface area contributed by atoms with Crippen molar-refractivity contribution in [1.82, 2.24) is 9.80 Å². The van der Waals surface area contributed by atoms with Crippen molar-refractivity contribution in [2.75, 3.05) is 27.2 Å². The van der Waals surface area contributed by atoms with E-state index < -0.39 is 0 Å². The predicted octanol–water partition coefficient (Wildman–Crippen LogP) is 2.67. The lowest BCUT2D eigenvalue weighted by Gasteiger charge is -2.22. The van der Waals surface area contributed by atoms with Gasteiger partial charge in [0.15, 0.2) is 0 Å². The van der Waals surface area contributed by atoms with E-state index in [1.165, 1.54) is 22.2 Å². The van der Waals surface area contributed by atoms with E-state index >= 15 is 0 Å². The monoisotopic (exact) mass is 344 g/mol. The van der Waals surface area contributed by atoms with E-state index in [0.717, 1.165) is 12.5 Å². The molecule has 2 unspecified atom stereocenters. The molecule has 2 nitrogen and oxygen atoms in total. The molecule has 0 radical (unpaired) electrons. The van der Waals surface area contributed by atoms with Crippen LogP contribution in [-0.4, -0.2) is 43.0 Å². The summed E-state index contributed by atoms with van der Waals surface area (Å²) in [5.41, 5.74) is 1.43. The first kappa shape index (κ1) is 13.3. The van der Waals surface area contributed by atoms with Crippen LogP contribution in [0.15, 0.2) is 24.3 Å². The number of nitrogens with zero attached hydrogens (tertiary/aromatic N) is 2. The Morgan fingerprint density at radius 2 is 1.88 bits per heavy atom. The van der Waals surface area contributed by atoms with Crippen LogP contribution in [0.3, 0.4) is 0 Å². The zero-order chi connectivity index (χ0) is 12.4. The number of likely N-dealkylation sites (tertiary alicyclic amines) is 1. The van der Waals surface area contributed by atoms with E-state index in [1.807, 2.05) is 0 Å². The van der Waals surface area contributed by atoms with Crippen molar-refractivity contribution < 1.29 is 0 Å². The van der Waals surface area contributed by atoms with E-state index in [-0.39, 0.29) is 0 Å². The Hall–Kier alpha value is -0.130. The minimum absolute atomic E-state index is 0.707. The second-order valence-electron chi connectivity index (χ2n) is 5.33. The molecule has 0 bridgehead atoms. The first-order chi connectivity index (χ1) is 8.06. The molecule has 1 heterocycles. The standard InChI is InChI=1S/C14H21IN2/c1-11-8-17(10-14(11)16(2)3)9-12-4-6-13(15)7-5-12/h4-7,11,14H,8-10H2,1-3H3. The molecule has 2 atom stereocenters. The molecule has 1 aromatic carbocycles. The molecule has 0 spiro atoms. The molecule has 0 N–H and O–H groups in total. The van der Waals surface area contributed by atoms with Crippen LogP contribution in [0.5, 0.6) is 0 Å². The molecular weight excluding hydrogens is 323 g/mol. The van der Waals surface area contributed by atoms with Crippen LogP contribution < -0.4 is 0 Å². The van der Waals surface area contributed by atoms with E-state index in [0.29, 0.717) is 6.04 Å². The summed E-state index contributed by atoms with van der Waals surface area (Å²) in [7, 11) is 4.38. The number of likely N-dealkylation sites (N-methyl/N-ethyl adjacent to an activating group) is 1. The summed E-state index contributed by atoms with van der Waals surface area (Å²) in [6, 6.07) is 9.58. The summed E-state index contributed by atoms with van der Waals surface area (Å²) in [5, 5.41) is 0. The molecule has 0 aromatic heterocycles.